The summed E-state index contributed by atoms with van der Waals surface area (Å²) in [6, 6.07) is 14.9. The van der Waals surface area contributed by atoms with Crippen LogP contribution in [-0.4, -0.2) is 72.4 Å². The maximum absolute atomic E-state index is 12.5. The number of rotatable bonds is 5. The van der Waals surface area contributed by atoms with Gasteiger partial charge in [-0.25, -0.2) is 4.79 Å². The maximum Gasteiger partial charge on any atom is 0.407 e. The van der Waals surface area contributed by atoms with Crippen molar-refractivity contribution >= 4 is 6.09 Å². The van der Waals surface area contributed by atoms with E-state index in [0.29, 0.717) is 0 Å². The Morgan fingerprint density at radius 3 is 2.20 bits per heavy atom. The molecule has 0 saturated carbocycles. The molecule has 0 spiro atoms. The van der Waals surface area contributed by atoms with Gasteiger partial charge in [-0.15, -0.1) is 0 Å². The van der Waals surface area contributed by atoms with Gasteiger partial charge in [-0.3, -0.25) is 0 Å². The summed E-state index contributed by atoms with van der Waals surface area (Å²) in [5, 5.41) is 32.2. The van der Waals surface area contributed by atoms with Crippen LogP contribution in [0.25, 0.3) is 11.1 Å². The van der Waals surface area contributed by atoms with E-state index in [1.165, 1.54) is 7.11 Å². The molecule has 1 amide bonds. The molecule has 2 aromatic rings. The van der Waals surface area contributed by atoms with E-state index < -0.39 is 43.3 Å². The molecule has 1 aliphatic heterocycles. The third-order valence-electron chi connectivity index (χ3n) is 5.74. The van der Waals surface area contributed by atoms with Crippen LogP contribution in [0.3, 0.4) is 0 Å². The van der Waals surface area contributed by atoms with Crippen LogP contribution < -0.4 is 5.32 Å². The zero-order valence-corrected chi connectivity index (χ0v) is 16.5. The fraction of sp³-hybridized carbons (Fsp3) is 0.409. The number of fused-ring (bicyclic) bond motifs is 3. The second-order valence-corrected chi connectivity index (χ2v) is 7.44. The molecule has 5 atom stereocenters. The SMILES string of the molecule is CO[C@H]1O[C@H](CO)[C@@H](O)[C@H](O)[C@H]1NC(=O)OCC1c2ccccc2-c2ccccc21. The molecule has 1 fully saturated rings. The van der Waals surface area contributed by atoms with Crippen molar-refractivity contribution in [1.82, 2.24) is 5.32 Å². The van der Waals surface area contributed by atoms with Crippen molar-refractivity contribution in [3.63, 3.8) is 0 Å². The average molecular weight is 415 g/mol. The number of hydrogen-bond donors (Lipinski definition) is 4. The lowest BCUT2D eigenvalue weighted by atomic mass is 9.97. The van der Waals surface area contributed by atoms with E-state index in [2.05, 4.69) is 5.32 Å². The number of aliphatic hydroxyl groups is 3. The first-order chi connectivity index (χ1) is 14.5. The molecule has 0 aromatic heterocycles. The summed E-state index contributed by atoms with van der Waals surface area (Å²) in [5.41, 5.74) is 4.42. The van der Waals surface area contributed by atoms with Crippen LogP contribution in [0.15, 0.2) is 48.5 Å². The highest BCUT2D eigenvalue weighted by molar-refractivity contribution is 5.79. The molecule has 4 rings (SSSR count). The van der Waals surface area contributed by atoms with Gasteiger partial charge in [0.05, 0.1) is 6.61 Å². The highest BCUT2D eigenvalue weighted by Crippen LogP contribution is 2.44. The maximum atomic E-state index is 12.5. The van der Waals surface area contributed by atoms with E-state index in [0.717, 1.165) is 22.3 Å². The van der Waals surface area contributed by atoms with Crippen LogP contribution in [0.5, 0.6) is 0 Å². The number of carbonyl (C=O) groups excluding carboxylic acids is 1. The average Bonchev–Trinajstić information content (AvgIpc) is 3.09. The lowest BCUT2D eigenvalue weighted by Gasteiger charge is -2.41. The lowest BCUT2D eigenvalue weighted by Crippen LogP contribution is -2.64. The number of aliphatic hydroxyl groups excluding tert-OH is 3. The molecule has 4 N–H and O–H groups in total. The minimum absolute atomic E-state index is 0.0988. The first kappa shape index (κ1) is 20.8. The number of alkyl carbamates (subject to hydrolysis) is 1. The fourth-order valence-corrected chi connectivity index (χ4v) is 4.21. The summed E-state index contributed by atoms with van der Waals surface area (Å²) in [7, 11) is 1.34. The van der Waals surface area contributed by atoms with E-state index in [4.69, 9.17) is 14.2 Å². The van der Waals surface area contributed by atoms with Gasteiger partial charge in [0.2, 0.25) is 0 Å². The Morgan fingerprint density at radius 1 is 1.03 bits per heavy atom. The quantitative estimate of drug-likeness (QED) is 0.575. The van der Waals surface area contributed by atoms with E-state index in [1.54, 1.807) is 0 Å². The summed E-state index contributed by atoms with van der Waals surface area (Å²) in [4.78, 5) is 12.5. The molecule has 2 aliphatic rings. The molecular formula is C22H25NO7. The molecule has 8 nitrogen and oxygen atoms in total. The number of methoxy groups -OCH3 is 1. The number of ether oxygens (including phenoxy) is 3. The summed E-state index contributed by atoms with van der Waals surface area (Å²) in [6.45, 7) is -0.376. The van der Waals surface area contributed by atoms with Crippen molar-refractivity contribution in [3.05, 3.63) is 59.7 Å². The molecule has 0 bridgehead atoms. The molecule has 2 aromatic carbocycles. The first-order valence-corrected chi connectivity index (χ1v) is 9.82. The predicted octanol–water partition coefficient (Wildman–Crippen LogP) is 0.979. The van der Waals surface area contributed by atoms with Crippen molar-refractivity contribution in [3.8, 4) is 11.1 Å². The third kappa shape index (κ3) is 3.68. The van der Waals surface area contributed by atoms with Gasteiger partial charge < -0.3 is 34.8 Å². The van der Waals surface area contributed by atoms with Crippen LogP contribution in [0.2, 0.25) is 0 Å². The van der Waals surface area contributed by atoms with Gasteiger partial charge in [0.1, 0.15) is 31.0 Å². The number of nitrogens with one attached hydrogen (secondary N) is 1. The van der Waals surface area contributed by atoms with Gasteiger partial charge in [-0.2, -0.15) is 0 Å². The zero-order valence-electron chi connectivity index (χ0n) is 16.5. The number of amides is 1. The van der Waals surface area contributed by atoms with Gasteiger partial charge in [0.15, 0.2) is 6.29 Å². The minimum Gasteiger partial charge on any atom is -0.449 e. The first-order valence-electron chi connectivity index (χ1n) is 9.82. The van der Waals surface area contributed by atoms with Gasteiger partial charge >= 0.3 is 6.09 Å². The van der Waals surface area contributed by atoms with E-state index in [9.17, 15) is 20.1 Å². The third-order valence-corrected chi connectivity index (χ3v) is 5.74. The fourth-order valence-electron chi connectivity index (χ4n) is 4.21. The van der Waals surface area contributed by atoms with Gasteiger partial charge in [-0.1, -0.05) is 48.5 Å². The Balaban J connectivity index is 1.44. The van der Waals surface area contributed by atoms with Crippen LogP contribution in [0.1, 0.15) is 17.0 Å². The van der Waals surface area contributed by atoms with Crippen molar-refractivity contribution in [2.24, 2.45) is 0 Å². The molecule has 160 valence electrons. The Hall–Kier alpha value is -2.49. The predicted molar refractivity (Wildman–Crippen MR) is 107 cm³/mol. The highest BCUT2D eigenvalue weighted by atomic mass is 16.7. The van der Waals surface area contributed by atoms with E-state index in [1.807, 2.05) is 48.5 Å². The van der Waals surface area contributed by atoms with Crippen LogP contribution in [0, 0.1) is 0 Å². The van der Waals surface area contributed by atoms with Gasteiger partial charge in [0.25, 0.3) is 0 Å². The molecule has 1 heterocycles. The van der Waals surface area contributed by atoms with Crippen molar-refractivity contribution in [2.45, 2.75) is 36.6 Å². The van der Waals surface area contributed by atoms with Crippen LogP contribution in [-0.2, 0) is 14.2 Å². The Morgan fingerprint density at radius 2 is 1.63 bits per heavy atom. The molecule has 0 unspecified atom stereocenters. The van der Waals surface area contributed by atoms with E-state index in [-0.39, 0.29) is 12.5 Å². The molecule has 0 radical (unpaired) electrons. The van der Waals surface area contributed by atoms with Gasteiger partial charge in [0, 0.05) is 13.0 Å². The van der Waals surface area contributed by atoms with Crippen LogP contribution >= 0.6 is 0 Å². The normalized spacial score (nSPS) is 27.9. The molecule has 8 heteroatoms. The molecular weight excluding hydrogens is 390 g/mol. The lowest BCUT2D eigenvalue weighted by molar-refractivity contribution is -0.262. The van der Waals surface area contributed by atoms with Crippen molar-refractivity contribution in [1.29, 1.82) is 0 Å². The van der Waals surface area contributed by atoms with Crippen molar-refractivity contribution in [2.75, 3.05) is 20.3 Å². The summed E-state index contributed by atoms with van der Waals surface area (Å²) in [6.07, 6.45) is -5.57. The monoisotopic (exact) mass is 415 g/mol. The smallest absolute Gasteiger partial charge is 0.407 e. The molecule has 1 aliphatic carbocycles. The topological polar surface area (TPSA) is 117 Å². The Kier molecular flexibility index (Phi) is 6.03. The number of benzene rings is 2. The van der Waals surface area contributed by atoms with Crippen molar-refractivity contribution < 1.29 is 34.3 Å². The Bertz CT molecular complexity index is 857. The number of hydrogen-bond acceptors (Lipinski definition) is 7. The summed E-state index contributed by atoms with van der Waals surface area (Å²) >= 11 is 0. The summed E-state index contributed by atoms with van der Waals surface area (Å²) in [5.74, 6) is -0.0988. The zero-order chi connectivity index (χ0) is 21.3. The Labute approximate surface area is 174 Å². The highest BCUT2D eigenvalue weighted by Gasteiger charge is 2.45. The molecule has 1 saturated heterocycles. The second kappa shape index (κ2) is 8.71. The largest absolute Gasteiger partial charge is 0.449 e. The van der Waals surface area contributed by atoms with Crippen LogP contribution in [0.4, 0.5) is 4.79 Å². The number of carbonyl (C=O) groups is 1. The second-order valence-electron chi connectivity index (χ2n) is 7.44. The van der Waals surface area contributed by atoms with E-state index >= 15 is 0 Å². The minimum atomic E-state index is -1.39. The van der Waals surface area contributed by atoms with Gasteiger partial charge in [-0.05, 0) is 22.3 Å². The summed E-state index contributed by atoms with van der Waals surface area (Å²) < 4.78 is 16.0. The molecule has 30 heavy (non-hydrogen) atoms. The standard InChI is InChI=1S/C22H25NO7/c1-28-21-18(20(26)19(25)17(10-24)30-21)23-22(27)29-11-16-14-8-4-2-6-12(14)13-7-3-5-9-15(13)16/h2-9,16-21,24-26H,10-11H2,1H3,(H,23,27)/t17-,18-,19-,20-,21+/m1/s1.